The molecule has 0 bridgehead atoms. The molecule has 34 heavy (non-hydrogen) atoms. The molecule has 2 N–H and O–H groups in total. The number of morpholine rings is 1. The van der Waals surface area contributed by atoms with Gasteiger partial charge in [0, 0.05) is 31.3 Å². The molecule has 0 aliphatic carbocycles. The van der Waals surface area contributed by atoms with Gasteiger partial charge >= 0.3 is 0 Å². The SMILES string of the molecule is Fc1cnc(N/N=C/c2ccc(Nc3cccc(C4CCOC4)c3)cn2)nc1N1CCOCC1. The molecule has 176 valence electrons. The molecule has 0 spiro atoms. The summed E-state index contributed by atoms with van der Waals surface area (Å²) in [4.78, 5) is 14.4. The van der Waals surface area contributed by atoms with E-state index in [2.05, 4.69) is 49.0 Å². The van der Waals surface area contributed by atoms with E-state index in [-0.39, 0.29) is 11.8 Å². The van der Waals surface area contributed by atoms with Gasteiger partial charge in [0.1, 0.15) is 0 Å². The van der Waals surface area contributed by atoms with Crippen molar-refractivity contribution in [3.8, 4) is 0 Å². The lowest BCUT2D eigenvalue weighted by atomic mass is 9.98. The van der Waals surface area contributed by atoms with Gasteiger partial charge in [-0.15, -0.1) is 0 Å². The van der Waals surface area contributed by atoms with E-state index in [1.807, 2.05) is 23.1 Å². The van der Waals surface area contributed by atoms with Crippen LogP contribution in [0.2, 0.25) is 0 Å². The summed E-state index contributed by atoms with van der Waals surface area (Å²) in [7, 11) is 0. The summed E-state index contributed by atoms with van der Waals surface area (Å²) in [5, 5.41) is 7.52. The lowest BCUT2D eigenvalue weighted by Crippen LogP contribution is -2.37. The molecule has 2 fully saturated rings. The first-order chi connectivity index (χ1) is 16.7. The van der Waals surface area contributed by atoms with Crippen molar-refractivity contribution >= 4 is 29.4 Å². The van der Waals surface area contributed by atoms with Crippen LogP contribution >= 0.6 is 0 Å². The Morgan fingerprint density at radius 2 is 1.94 bits per heavy atom. The summed E-state index contributed by atoms with van der Waals surface area (Å²) >= 11 is 0. The maximum absolute atomic E-state index is 14.1. The van der Waals surface area contributed by atoms with E-state index in [0.717, 1.165) is 37.2 Å². The summed E-state index contributed by atoms with van der Waals surface area (Å²) < 4.78 is 25.0. The van der Waals surface area contributed by atoms with Crippen molar-refractivity contribution in [2.75, 3.05) is 55.2 Å². The summed E-state index contributed by atoms with van der Waals surface area (Å²) in [5.74, 6) is 0.448. The number of anilines is 4. The number of hydrazone groups is 1. The summed E-state index contributed by atoms with van der Waals surface area (Å²) in [5.41, 5.74) is 6.57. The molecule has 4 heterocycles. The number of benzene rings is 1. The Bertz CT molecular complexity index is 1130. The minimum Gasteiger partial charge on any atom is -0.381 e. The first-order valence-electron chi connectivity index (χ1n) is 11.3. The number of pyridine rings is 1. The number of aromatic nitrogens is 3. The van der Waals surface area contributed by atoms with Gasteiger partial charge in [0.2, 0.25) is 5.95 Å². The summed E-state index contributed by atoms with van der Waals surface area (Å²) in [6, 6.07) is 12.2. The Morgan fingerprint density at radius 3 is 2.74 bits per heavy atom. The van der Waals surface area contributed by atoms with Crippen LogP contribution in [0.5, 0.6) is 0 Å². The minimum atomic E-state index is -0.469. The average Bonchev–Trinajstić information content (AvgIpc) is 3.42. The molecule has 1 aromatic carbocycles. The molecule has 2 aliphatic heterocycles. The quantitative estimate of drug-likeness (QED) is 0.406. The van der Waals surface area contributed by atoms with Gasteiger partial charge in [0.25, 0.3) is 0 Å². The highest BCUT2D eigenvalue weighted by atomic mass is 19.1. The van der Waals surface area contributed by atoms with Crippen molar-refractivity contribution in [3.63, 3.8) is 0 Å². The van der Waals surface area contributed by atoms with Gasteiger partial charge in [-0.25, -0.2) is 14.8 Å². The lowest BCUT2D eigenvalue weighted by Gasteiger charge is -2.27. The highest BCUT2D eigenvalue weighted by Crippen LogP contribution is 2.28. The highest BCUT2D eigenvalue weighted by Gasteiger charge is 2.18. The number of hydrogen-bond donors (Lipinski definition) is 2. The second kappa shape index (κ2) is 10.5. The zero-order valence-corrected chi connectivity index (χ0v) is 18.7. The van der Waals surface area contributed by atoms with Crippen molar-refractivity contribution in [1.29, 1.82) is 0 Å². The van der Waals surface area contributed by atoms with E-state index in [4.69, 9.17) is 9.47 Å². The lowest BCUT2D eigenvalue weighted by molar-refractivity contribution is 0.122. The van der Waals surface area contributed by atoms with E-state index < -0.39 is 5.82 Å². The average molecular weight is 464 g/mol. The van der Waals surface area contributed by atoms with Gasteiger partial charge in [-0.2, -0.15) is 10.1 Å². The molecule has 10 heteroatoms. The normalized spacial score (nSPS) is 18.4. The Morgan fingerprint density at radius 1 is 1.03 bits per heavy atom. The zero-order valence-electron chi connectivity index (χ0n) is 18.7. The van der Waals surface area contributed by atoms with Crippen molar-refractivity contribution in [2.24, 2.45) is 5.10 Å². The third-order valence-corrected chi connectivity index (χ3v) is 5.76. The Hall–Kier alpha value is -3.63. The second-order valence-electron chi connectivity index (χ2n) is 8.12. The predicted molar refractivity (Wildman–Crippen MR) is 128 cm³/mol. The fourth-order valence-corrected chi connectivity index (χ4v) is 3.96. The van der Waals surface area contributed by atoms with Gasteiger partial charge in [-0.1, -0.05) is 12.1 Å². The van der Waals surface area contributed by atoms with Crippen LogP contribution in [-0.2, 0) is 9.47 Å². The van der Waals surface area contributed by atoms with Crippen molar-refractivity contribution < 1.29 is 13.9 Å². The van der Waals surface area contributed by atoms with Crippen molar-refractivity contribution in [2.45, 2.75) is 12.3 Å². The number of nitrogens with one attached hydrogen (secondary N) is 2. The van der Waals surface area contributed by atoms with E-state index >= 15 is 0 Å². The molecule has 2 aliphatic rings. The number of hydrogen-bond acceptors (Lipinski definition) is 9. The molecule has 2 aromatic heterocycles. The molecule has 5 rings (SSSR count). The van der Waals surface area contributed by atoms with Crippen molar-refractivity contribution in [3.05, 3.63) is 65.9 Å². The van der Waals surface area contributed by atoms with Gasteiger partial charge in [0.15, 0.2) is 11.6 Å². The van der Waals surface area contributed by atoms with Crippen LogP contribution in [-0.4, -0.2) is 60.7 Å². The van der Waals surface area contributed by atoms with Crippen LogP contribution in [0.4, 0.5) is 27.5 Å². The third kappa shape index (κ3) is 5.46. The maximum atomic E-state index is 14.1. The van der Waals surface area contributed by atoms with Crippen LogP contribution in [0.3, 0.4) is 0 Å². The van der Waals surface area contributed by atoms with Crippen molar-refractivity contribution in [1.82, 2.24) is 15.0 Å². The molecule has 1 atom stereocenters. The number of rotatable bonds is 7. The van der Waals surface area contributed by atoms with E-state index in [0.29, 0.717) is 37.9 Å². The Kier molecular flexibility index (Phi) is 6.87. The second-order valence-corrected chi connectivity index (χ2v) is 8.12. The maximum Gasteiger partial charge on any atom is 0.245 e. The van der Waals surface area contributed by atoms with E-state index in [1.54, 1.807) is 12.4 Å². The van der Waals surface area contributed by atoms with E-state index in [9.17, 15) is 4.39 Å². The Balaban J connectivity index is 1.19. The first kappa shape index (κ1) is 22.2. The predicted octanol–water partition coefficient (Wildman–Crippen LogP) is 3.54. The molecule has 0 radical (unpaired) electrons. The van der Waals surface area contributed by atoms with Crippen LogP contribution < -0.4 is 15.6 Å². The molecule has 1 unspecified atom stereocenters. The van der Waals surface area contributed by atoms with Crippen LogP contribution in [0.1, 0.15) is 23.6 Å². The van der Waals surface area contributed by atoms with Crippen LogP contribution in [0.25, 0.3) is 0 Å². The fraction of sp³-hybridized carbons (Fsp3) is 0.333. The molecular weight excluding hydrogens is 437 g/mol. The Labute approximate surface area is 197 Å². The number of ether oxygens (including phenoxy) is 2. The zero-order chi connectivity index (χ0) is 23.2. The van der Waals surface area contributed by atoms with Gasteiger partial charge < -0.3 is 19.7 Å². The first-order valence-corrected chi connectivity index (χ1v) is 11.3. The smallest absolute Gasteiger partial charge is 0.245 e. The third-order valence-electron chi connectivity index (χ3n) is 5.76. The monoisotopic (exact) mass is 463 g/mol. The van der Waals surface area contributed by atoms with E-state index in [1.165, 1.54) is 5.56 Å². The minimum absolute atomic E-state index is 0.213. The van der Waals surface area contributed by atoms with Crippen LogP contribution in [0.15, 0.2) is 53.9 Å². The van der Waals surface area contributed by atoms with Gasteiger partial charge in [-0.3, -0.25) is 4.98 Å². The molecule has 0 saturated carbocycles. The topological polar surface area (TPSA) is 96.8 Å². The summed E-state index contributed by atoms with van der Waals surface area (Å²) in [6.07, 6.45) is 5.51. The molecule has 3 aromatic rings. The molecule has 9 nitrogen and oxygen atoms in total. The number of halogens is 1. The van der Waals surface area contributed by atoms with Crippen LogP contribution in [0, 0.1) is 5.82 Å². The molecule has 2 saturated heterocycles. The fourth-order valence-electron chi connectivity index (χ4n) is 3.96. The summed E-state index contributed by atoms with van der Waals surface area (Å²) in [6.45, 7) is 3.86. The molecule has 0 amide bonds. The van der Waals surface area contributed by atoms with Gasteiger partial charge in [-0.05, 0) is 36.2 Å². The number of nitrogens with zero attached hydrogens (tertiary/aromatic N) is 5. The standard InChI is InChI=1S/C24H26FN7O2/c25-22-15-27-24(30-23(22)32-7-10-33-11-8-32)31-28-14-20-4-5-21(13-26-20)29-19-3-1-2-17(12-19)18-6-9-34-16-18/h1-5,12-15,18,29H,6-11,16H2,(H,27,30,31)/b28-14+. The highest BCUT2D eigenvalue weighted by molar-refractivity contribution is 5.78. The largest absolute Gasteiger partial charge is 0.381 e. The molecular formula is C24H26FN7O2. The van der Waals surface area contributed by atoms with Gasteiger partial charge in [0.05, 0.1) is 49.8 Å².